The third-order valence-electron chi connectivity index (χ3n) is 6.62. The Morgan fingerprint density at radius 3 is 1.54 bits per heavy atom. The Morgan fingerprint density at radius 1 is 0.595 bits per heavy atom. The highest BCUT2D eigenvalue weighted by atomic mass is 19.4. The van der Waals surface area contributed by atoms with Crippen LogP contribution in [0.1, 0.15) is 85.8 Å². The van der Waals surface area contributed by atoms with Crippen molar-refractivity contribution in [1.82, 2.24) is 4.90 Å². The van der Waals surface area contributed by atoms with E-state index in [0.29, 0.717) is 6.54 Å². The van der Waals surface area contributed by atoms with E-state index in [9.17, 15) is 13.2 Å². The molecule has 3 rings (SSSR count). The summed E-state index contributed by atoms with van der Waals surface area (Å²) in [5.74, 6) is 6.51. The van der Waals surface area contributed by atoms with Gasteiger partial charge in [0.25, 0.3) is 0 Å². The van der Waals surface area contributed by atoms with Crippen molar-refractivity contribution in [2.24, 2.45) is 0 Å². The molecule has 0 saturated heterocycles. The lowest BCUT2D eigenvalue weighted by atomic mass is 10.0. The Hall–Kier alpha value is -3.03. The highest BCUT2D eigenvalue weighted by Gasteiger charge is 2.30. The number of hydrogen-bond acceptors (Lipinski definition) is 1. The second-order valence-corrected chi connectivity index (χ2v) is 9.66. The van der Waals surface area contributed by atoms with Gasteiger partial charge in [-0.3, -0.25) is 0 Å². The van der Waals surface area contributed by atoms with Crippen LogP contribution in [-0.4, -0.2) is 6.54 Å². The summed E-state index contributed by atoms with van der Waals surface area (Å²) in [6, 6.07) is 22.2. The lowest BCUT2D eigenvalue weighted by Crippen LogP contribution is -2.28. The zero-order valence-corrected chi connectivity index (χ0v) is 22.1. The molecule has 3 aromatic carbocycles. The van der Waals surface area contributed by atoms with Gasteiger partial charge in [-0.15, -0.1) is 0 Å². The molecule has 0 aliphatic carbocycles. The molecule has 4 heteroatoms. The van der Waals surface area contributed by atoms with E-state index in [4.69, 9.17) is 0 Å². The van der Waals surface area contributed by atoms with Gasteiger partial charge in [-0.25, -0.2) is 0 Å². The Kier molecular flexibility index (Phi) is 11.3. The molecule has 1 radical (unpaired) electrons. The van der Waals surface area contributed by atoms with Crippen molar-refractivity contribution in [3.05, 3.63) is 106 Å². The molecule has 0 unspecified atom stereocenters. The van der Waals surface area contributed by atoms with Crippen LogP contribution in [0.3, 0.4) is 0 Å². The lowest BCUT2D eigenvalue weighted by molar-refractivity contribution is -0.137. The second-order valence-electron chi connectivity index (χ2n) is 9.66. The Labute approximate surface area is 220 Å². The van der Waals surface area contributed by atoms with Crippen LogP contribution >= 0.6 is 0 Å². The van der Waals surface area contributed by atoms with Crippen LogP contribution < -0.4 is 4.90 Å². The highest BCUT2D eigenvalue weighted by Crippen LogP contribution is 2.29. The quantitative estimate of drug-likeness (QED) is 0.132. The average molecular weight is 506 g/mol. The zero-order valence-electron chi connectivity index (χ0n) is 22.1. The molecule has 0 fully saturated rings. The van der Waals surface area contributed by atoms with Gasteiger partial charge >= 0.3 is 6.18 Å². The second kappa shape index (κ2) is 14.6. The normalized spacial score (nSPS) is 11.4. The summed E-state index contributed by atoms with van der Waals surface area (Å²) in [6.07, 6.45) is 4.72. The van der Waals surface area contributed by atoms with Gasteiger partial charge in [0, 0.05) is 22.3 Å². The molecule has 3 aromatic rings. The third-order valence-corrected chi connectivity index (χ3v) is 6.62. The number of unbranched alkanes of at least 4 members (excludes halogenated alkanes) is 5. The van der Waals surface area contributed by atoms with Crippen LogP contribution in [-0.2, 0) is 25.7 Å². The summed E-state index contributed by atoms with van der Waals surface area (Å²) in [6.45, 7) is 6.44. The first-order chi connectivity index (χ1) is 17.9. The topological polar surface area (TPSA) is 5.90 Å². The van der Waals surface area contributed by atoms with Crippen molar-refractivity contribution in [3.63, 3.8) is 0 Å². The van der Waals surface area contributed by atoms with Gasteiger partial charge in [-0.1, -0.05) is 87.3 Å². The first-order valence-electron chi connectivity index (χ1n) is 13.5. The molecule has 1 nitrogen and oxygen atoms in total. The summed E-state index contributed by atoms with van der Waals surface area (Å²) >= 11 is 0. The molecule has 0 heterocycles. The average Bonchev–Trinajstić information content (AvgIpc) is 2.90. The van der Waals surface area contributed by atoms with Crippen molar-refractivity contribution in [2.75, 3.05) is 6.54 Å². The van der Waals surface area contributed by atoms with Crippen molar-refractivity contribution in [1.29, 1.82) is 0 Å². The molecule has 0 aliphatic heterocycles. The molecular weight excluding hydrogens is 467 g/mol. The van der Waals surface area contributed by atoms with Gasteiger partial charge in [0.1, 0.15) is 19.6 Å². The zero-order chi connectivity index (χ0) is 26.5. The standard InChI is InChI=1S/C33H38F3N/c1-3-5-6-7-8-9-10-27-11-13-28(14-12-27)15-16-29-17-19-30(20-18-29)25-37(4-2)26-31-21-23-32(24-22-31)33(34,35)36/h11-14,17-24H,3-10,25-26H2,1-2H3/q+1. The summed E-state index contributed by atoms with van der Waals surface area (Å²) in [4.78, 5) is 2.20. The molecule has 0 spiro atoms. The van der Waals surface area contributed by atoms with Crippen molar-refractivity contribution >= 4 is 0 Å². The van der Waals surface area contributed by atoms with E-state index >= 15 is 0 Å². The molecule has 195 valence electrons. The van der Waals surface area contributed by atoms with Gasteiger partial charge < -0.3 is 0 Å². The van der Waals surface area contributed by atoms with Gasteiger partial charge in [0.05, 0.1) is 5.56 Å². The van der Waals surface area contributed by atoms with Crippen LogP contribution in [0.15, 0.2) is 72.8 Å². The molecule has 0 aliphatic rings. The van der Waals surface area contributed by atoms with Gasteiger partial charge in [-0.2, -0.15) is 18.1 Å². The SMILES string of the molecule is CCCCCCCCc1ccc(C#Cc2ccc(C[N+](CC)Cc3ccc(C(F)(F)F)cc3)cc2)cc1. The van der Waals surface area contributed by atoms with Crippen LogP contribution in [0.4, 0.5) is 13.2 Å². The molecular formula is C33H38F3N+. The van der Waals surface area contributed by atoms with Crippen LogP contribution in [0.2, 0.25) is 0 Å². The first-order valence-corrected chi connectivity index (χ1v) is 13.5. The van der Waals surface area contributed by atoms with Crippen molar-refractivity contribution < 1.29 is 13.2 Å². The number of halogens is 3. The van der Waals surface area contributed by atoms with E-state index in [-0.39, 0.29) is 0 Å². The summed E-state index contributed by atoms with van der Waals surface area (Å²) < 4.78 is 38.4. The molecule has 0 amide bonds. The molecule has 37 heavy (non-hydrogen) atoms. The number of alkyl halides is 3. The Balaban J connectivity index is 1.49. The van der Waals surface area contributed by atoms with Crippen molar-refractivity contribution in [2.45, 2.75) is 78.1 Å². The highest BCUT2D eigenvalue weighted by molar-refractivity contribution is 5.44. The van der Waals surface area contributed by atoms with Crippen LogP contribution in [0, 0.1) is 11.8 Å². The Morgan fingerprint density at radius 2 is 1.05 bits per heavy atom. The smallest absolute Gasteiger partial charge is 0.166 e. The van der Waals surface area contributed by atoms with E-state index < -0.39 is 11.7 Å². The molecule has 0 N–H and O–H groups in total. The number of nitrogens with zero attached hydrogens (tertiary/aromatic N) is 1. The maximum atomic E-state index is 12.8. The summed E-state index contributed by atoms with van der Waals surface area (Å²) in [5.41, 5.74) is 4.77. The van der Waals surface area contributed by atoms with E-state index in [1.165, 1.54) is 44.1 Å². The maximum absolute atomic E-state index is 12.8. The molecule has 0 atom stereocenters. The van der Waals surface area contributed by atoms with Gasteiger partial charge in [0.15, 0.2) is 0 Å². The lowest BCUT2D eigenvalue weighted by Gasteiger charge is -2.12. The third kappa shape index (κ3) is 10.1. The first kappa shape index (κ1) is 28.5. The molecule has 0 aromatic heterocycles. The molecule has 0 saturated carbocycles. The number of aryl methyl sites for hydroxylation is 1. The van der Waals surface area contributed by atoms with E-state index in [0.717, 1.165) is 53.9 Å². The minimum absolute atomic E-state index is 0.602. The minimum atomic E-state index is -4.30. The minimum Gasteiger partial charge on any atom is -0.166 e. The fourth-order valence-corrected chi connectivity index (χ4v) is 4.30. The number of benzene rings is 3. The van der Waals surface area contributed by atoms with Gasteiger partial charge in [-0.05, 0) is 61.7 Å². The van der Waals surface area contributed by atoms with Crippen LogP contribution in [0.5, 0.6) is 0 Å². The monoisotopic (exact) mass is 505 g/mol. The number of hydrogen-bond donors (Lipinski definition) is 0. The fourth-order valence-electron chi connectivity index (χ4n) is 4.30. The molecule has 0 bridgehead atoms. The van der Waals surface area contributed by atoms with Crippen LogP contribution in [0.25, 0.3) is 0 Å². The van der Waals surface area contributed by atoms with Crippen molar-refractivity contribution in [3.8, 4) is 11.8 Å². The Bertz CT molecular complexity index is 1120. The van der Waals surface area contributed by atoms with Gasteiger partial charge in [0.2, 0.25) is 0 Å². The maximum Gasteiger partial charge on any atom is 0.416 e. The van der Waals surface area contributed by atoms with E-state index in [2.05, 4.69) is 67.0 Å². The summed E-state index contributed by atoms with van der Waals surface area (Å²) in [7, 11) is 0. The largest absolute Gasteiger partial charge is 0.416 e. The summed E-state index contributed by atoms with van der Waals surface area (Å²) in [5, 5.41) is 0. The fraction of sp³-hybridized carbons (Fsp3) is 0.394. The predicted octanol–water partition coefficient (Wildman–Crippen LogP) is 8.87. The number of rotatable bonds is 12. The van der Waals surface area contributed by atoms with E-state index in [1.54, 1.807) is 12.1 Å². The van der Waals surface area contributed by atoms with E-state index in [1.807, 2.05) is 12.1 Å². The predicted molar refractivity (Wildman–Crippen MR) is 147 cm³/mol.